The lowest BCUT2D eigenvalue weighted by atomic mass is 10.2. The summed E-state index contributed by atoms with van der Waals surface area (Å²) in [6.45, 7) is 3.54. The number of anilines is 2. The molecule has 1 amide bonds. The van der Waals surface area contributed by atoms with E-state index in [9.17, 15) is 4.79 Å². The first-order valence-corrected chi connectivity index (χ1v) is 4.82. The van der Waals surface area contributed by atoms with Gasteiger partial charge in [-0.15, -0.1) is 0 Å². The Morgan fingerprint density at radius 3 is 2.88 bits per heavy atom. The predicted octanol–water partition coefficient (Wildman–Crippen LogP) is 1.58. The number of nitrogen functional groups attached to an aromatic ring is 1. The highest BCUT2D eigenvalue weighted by Crippen LogP contribution is 2.22. The average Bonchev–Trinajstić information content (AvgIpc) is 2.30. The normalized spacial score (nSPS) is 11.1. The van der Waals surface area contributed by atoms with Crippen LogP contribution >= 0.6 is 0 Å². The molecule has 0 aliphatic rings. The quantitative estimate of drug-likeness (QED) is 0.759. The molecule has 86 valence electrons. The number of nitrogens with two attached hydrogens (primary N) is 1. The lowest BCUT2D eigenvalue weighted by Gasteiger charge is -2.08. The van der Waals surface area contributed by atoms with Gasteiger partial charge in [-0.3, -0.25) is 4.79 Å². The lowest BCUT2D eigenvalue weighted by Crippen LogP contribution is -2.13. The number of nitrogens with zero attached hydrogens (tertiary/aromatic N) is 1. The topological polar surface area (TPSA) is 77.2 Å². The maximum atomic E-state index is 11.5. The van der Waals surface area contributed by atoms with Gasteiger partial charge in [0.2, 0.25) is 0 Å². The maximum Gasteiger partial charge on any atom is 0.251 e. The Balaban J connectivity index is 2.86. The third-order valence-corrected chi connectivity index (χ3v) is 2.15. The number of hydrogen-bond donors (Lipinski definition) is 2. The van der Waals surface area contributed by atoms with E-state index in [4.69, 9.17) is 10.5 Å². The zero-order valence-electron chi connectivity index (χ0n) is 9.57. The van der Waals surface area contributed by atoms with Crippen LogP contribution in [-0.4, -0.2) is 18.0 Å². The van der Waals surface area contributed by atoms with E-state index in [2.05, 4.69) is 10.3 Å². The zero-order chi connectivity index (χ0) is 12.1. The van der Waals surface area contributed by atoms with Crippen LogP contribution in [0.2, 0.25) is 0 Å². The first-order valence-electron chi connectivity index (χ1n) is 4.82. The van der Waals surface area contributed by atoms with Crippen molar-refractivity contribution < 1.29 is 9.53 Å². The Kier molecular flexibility index (Phi) is 3.88. The molecule has 1 aromatic rings. The van der Waals surface area contributed by atoms with E-state index in [1.54, 1.807) is 26.0 Å². The van der Waals surface area contributed by atoms with E-state index in [0.717, 1.165) is 0 Å². The summed E-state index contributed by atoms with van der Waals surface area (Å²) in [5, 5.41) is 2.69. The number of carbonyl (C=O) groups is 1. The number of ether oxygens (including phenoxy) is 1. The number of nitrogens with one attached hydrogen (secondary N) is 1. The summed E-state index contributed by atoms with van der Waals surface area (Å²) in [5.74, 6) is 0.565. The summed E-state index contributed by atoms with van der Waals surface area (Å²) < 4.78 is 5.00. The Labute approximate surface area is 94.3 Å². The first kappa shape index (κ1) is 12.0. The summed E-state index contributed by atoms with van der Waals surface area (Å²) in [4.78, 5) is 15.5. The minimum Gasteiger partial charge on any atom is -0.493 e. The Hall–Kier alpha value is -2.04. The van der Waals surface area contributed by atoms with Gasteiger partial charge in [0.1, 0.15) is 0 Å². The number of carbonyl (C=O) groups excluding carboxylic acids is 1. The van der Waals surface area contributed by atoms with Gasteiger partial charge < -0.3 is 15.8 Å². The zero-order valence-corrected chi connectivity index (χ0v) is 9.57. The largest absolute Gasteiger partial charge is 0.493 e. The minimum absolute atomic E-state index is 0.170. The van der Waals surface area contributed by atoms with Crippen LogP contribution in [0.3, 0.4) is 0 Å². The van der Waals surface area contributed by atoms with Crippen molar-refractivity contribution in [2.24, 2.45) is 0 Å². The van der Waals surface area contributed by atoms with E-state index in [0.29, 0.717) is 22.8 Å². The van der Waals surface area contributed by atoms with Crippen LogP contribution < -0.4 is 15.8 Å². The molecular formula is C11H15N3O2. The number of pyridine rings is 1. The Morgan fingerprint density at radius 1 is 1.62 bits per heavy atom. The van der Waals surface area contributed by atoms with Crippen molar-refractivity contribution in [1.82, 2.24) is 4.98 Å². The SMILES string of the molecule is C/C=C(\C)C(=O)Nc1cnc(N)c(OC)c1. The molecule has 1 aromatic heterocycles. The van der Waals surface area contributed by atoms with Crippen molar-refractivity contribution in [3.8, 4) is 5.75 Å². The molecule has 3 N–H and O–H groups in total. The molecule has 0 unspecified atom stereocenters. The average molecular weight is 221 g/mol. The summed E-state index contributed by atoms with van der Waals surface area (Å²) in [5.41, 5.74) is 6.74. The summed E-state index contributed by atoms with van der Waals surface area (Å²) in [6, 6.07) is 1.63. The lowest BCUT2D eigenvalue weighted by molar-refractivity contribution is -0.112. The predicted molar refractivity (Wildman–Crippen MR) is 63.3 cm³/mol. The molecule has 16 heavy (non-hydrogen) atoms. The molecule has 0 saturated heterocycles. The Morgan fingerprint density at radius 2 is 2.31 bits per heavy atom. The van der Waals surface area contributed by atoms with Gasteiger partial charge in [-0.1, -0.05) is 6.08 Å². The molecule has 0 saturated carbocycles. The number of rotatable bonds is 3. The number of allylic oxidation sites excluding steroid dienone is 1. The van der Waals surface area contributed by atoms with Crippen molar-refractivity contribution in [1.29, 1.82) is 0 Å². The molecule has 0 radical (unpaired) electrons. The summed E-state index contributed by atoms with van der Waals surface area (Å²) in [6.07, 6.45) is 3.22. The second-order valence-corrected chi connectivity index (χ2v) is 3.24. The van der Waals surface area contributed by atoms with E-state index in [1.807, 2.05) is 0 Å². The van der Waals surface area contributed by atoms with Crippen LogP contribution in [0.1, 0.15) is 13.8 Å². The third kappa shape index (κ3) is 2.73. The van der Waals surface area contributed by atoms with Gasteiger partial charge in [0, 0.05) is 11.6 Å². The molecule has 0 fully saturated rings. The van der Waals surface area contributed by atoms with Crippen LogP contribution in [0.15, 0.2) is 23.9 Å². The molecule has 0 atom stereocenters. The number of aromatic nitrogens is 1. The summed E-state index contributed by atoms with van der Waals surface area (Å²) >= 11 is 0. The van der Waals surface area contributed by atoms with E-state index in [1.165, 1.54) is 13.3 Å². The van der Waals surface area contributed by atoms with Crippen molar-refractivity contribution >= 4 is 17.4 Å². The highest BCUT2D eigenvalue weighted by molar-refractivity contribution is 6.03. The van der Waals surface area contributed by atoms with Gasteiger partial charge in [-0.25, -0.2) is 4.98 Å². The van der Waals surface area contributed by atoms with Gasteiger partial charge in [-0.05, 0) is 13.8 Å². The third-order valence-electron chi connectivity index (χ3n) is 2.15. The number of methoxy groups -OCH3 is 1. The molecule has 0 spiro atoms. The summed E-state index contributed by atoms with van der Waals surface area (Å²) in [7, 11) is 1.50. The molecular weight excluding hydrogens is 206 g/mol. The smallest absolute Gasteiger partial charge is 0.251 e. The molecule has 1 rings (SSSR count). The van der Waals surface area contributed by atoms with Crippen molar-refractivity contribution in [3.05, 3.63) is 23.9 Å². The van der Waals surface area contributed by atoms with Gasteiger partial charge in [0.25, 0.3) is 5.91 Å². The molecule has 1 heterocycles. The van der Waals surface area contributed by atoms with Gasteiger partial charge >= 0.3 is 0 Å². The van der Waals surface area contributed by atoms with E-state index in [-0.39, 0.29) is 5.91 Å². The number of amides is 1. The van der Waals surface area contributed by atoms with Crippen LogP contribution in [0, 0.1) is 0 Å². The standard InChI is InChI=1S/C11H15N3O2/c1-4-7(2)11(15)14-8-5-9(16-3)10(12)13-6-8/h4-6H,1-3H3,(H2,12,13)(H,14,15)/b7-4+. The second-order valence-electron chi connectivity index (χ2n) is 3.24. The Bertz CT molecular complexity index is 427. The molecule has 0 bridgehead atoms. The fourth-order valence-corrected chi connectivity index (χ4v) is 1.05. The van der Waals surface area contributed by atoms with Crippen LogP contribution in [0.5, 0.6) is 5.75 Å². The van der Waals surface area contributed by atoms with E-state index < -0.39 is 0 Å². The molecule has 5 nitrogen and oxygen atoms in total. The van der Waals surface area contributed by atoms with Crippen LogP contribution in [-0.2, 0) is 4.79 Å². The first-order chi connectivity index (χ1) is 7.58. The maximum absolute atomic E-state index is 11.5. The van der Waals surface area contributed by atoms with Crippen molar-refractivity contribution in [3.63, 3.8) is 0 Å². The molecule has 0 aliphatic heterocycles. The highest BCUT2D eigenvalue weighted by Gasteiger charge is 2.06. The molecule has 5 heteroatoms. The monoisotopic (exact) mass is 221 g/mol. The van der Waals surface area contributed by atoms with Crippen LogP contribution in [0.25, 0.3) is 0 Å². The van der Waals surface area contributed by atoms with Crippen molar-refractivity contribution in [2.75, 3.05) is 18.2 Å². The minimum atomic E-state index is -0.170. The van der Waals surface area contributed by atoms with Gasteiger partial charge in [-0.2, -0.15) is 0 Å². The van der Waals surface area contributed by atoms with Gasteiger partial charge in [0.15, 0.2) is 11.6 Å². The van der Waals surface area contributed by atoms with Crippen molar-refractivity contribution in [2.45, 2.75) is 13.8 Å². The van der Waals surface area contributed by atoms with Crippen LogP contribution in [0.4, 0.5) is 11.5 Å². The number of hydrogen-bond acceptors (Lipinski definition) is 4. The highest BCUT2D eigenvalue weighted by atomic mass is 16.5. The van der Waals surface area contributed by atoms with E-state index >= 15 is 0 Å². The molecule has 0 aliphatic carbocycles. The van der Waals surface area contributed by atoms with Gasteiger partial charge in [0.05, 0.1) is 19.0 Å². The molecule has 0 aromatic carbocycles. The fraction of sp³-hybridized carbons (Fsp3) is 0.273. The second kappa shape index (κ2) is 5.16. The fourth-order valence-electron chi connectivity index (χ4n) is 1.05.